The second-order valence-electron chi connectivity index (χ2n) is 6.56. The lowest BCUT2D eigenvalue weighted by Crippen LogP contribution is -2.30. The number of thioether (sulfide) groups is 1. The van der Waals surface area contributed by atoms with Crippen molar-refractivity contribution >= 4 is 17.7 Å². The van der Waals surface area contributed by atoms with Crippen LogP contribution < -0.4 is 14.8 Å². The molecular formula is C24H25NO3S. The van der Waals surface area contributed by atoms with Crippen LogP contribution >= 0.6 is 11.8 Å². The van der Waals surface area contributed by atoms with Gasteiger partial charge in [0, 0.05) is 11.4 Å². The third-order valence-electron chi connectivity index (χ3n) is 4.56. The lowest BCUT2D eigenvalue weighted by atomic mass is 10.1. The lowest BCUT2D eigenvalue weighted by Gasteiger charge is -2.14. The van der Waals surface area contributed by atoms with Gasteiger partial charge in [-0.2, -0.15) is 0 Å². The predicted molar refractivity (Wildman–Crippen MR) is 119 cm³/mol. The van der Waals surface area contributed by atoms with Crippen LogP contribution in [-0.4, -0.2) is 25.4 Å². The number of methoxy groups -OCH3 is 2. The van der Waals surface area contributed by atoms with Gasteiger partial charge in [0.15, 0.2) is 11.5 Å². The van der Waals surface area contributed by atoms with Crippen LogP contribution in [0.2, 0.25) is 0 Å². The van der Waals surface area contributed by atoms with Crippen LogP contribution in [0.5, 0.6) is 11.5 Å². The molecule has 3 aromatic rings. The summed E-state index contributed by atoms with van der Waals surface area (Å²) in [4.78, 5) is 13.6. The Hall–Kier alpha value is -2.92. The second kappa shape index (κ2) is 10.0. The summed E-state index contributed by atoms with van der Waals surface area (Å²) in [7, 11) is 3.20. The van der Waals surface area contributed by atoms with Crippen molar-refractivity contribution in [3.05, 3.63) is 78.4 Å². The van der Waals surface area contributed by atoms with Gasteiger partial charge in [0.2, 0.25) is 5.91 Å². The molecule has 5 heteroatoms. The number of carbonyl (C=O) groups is 1. The molecule has 0 aliphatic carbocycles. The summed E-state index contributed by atoms with van der Waals surface area (Å²) < 4.78 is 10.6. The van der Waals surface area contributed by atoms with Crippen LogP contribution in [0.25, 0.3) is 11.1 Å². The molecule has 29 heavy (non-hydrogen) atoms. The summed E-state index contributed by atoms with van der Waals surface area (Å²) in [5.74, 6) is 1.32. The third kappa shape index (κ3) is 5.55. The van der Waals surface area contributed by atoms with Gasteiger partial charge in [-0.3, -0.25) is 4.79 Å². The Morgan fingerprint density at radius 3 is 2.21 bits per heavy atom. The average Bonchev–Trinajstić information content (AvgIpc) is 2.78. The minimum atomic E-state index is -0.197. The molecule has 3 rings (SSSR count). The molecule has 4 nitrogen and oxygen atoms in total. The van der Waals surface area contributed by atoms with Crippen molar-refractivity contribution in [2.45, 2.75) is 23.6 Å². The Kier molecular flexibility index (Phi) is 7.19. The molecule has 1 unspecified atom stereocenters. The van der Waals surface area contributed by atoms with E-state index >= 15 is 0 Å². The molecule has 0 saturated heterocycles. The SMILES string of the molecule is COc1ccc(CNC(=O)C(C)Sc2ccc(-c3ccccc3)cc2)cc1OC. The van der Waals surface area contributed by atoms with Gasteiger partial charge in [-0.25, -0.2) is 0 Å². The van der Waals surface area contributed by atoms with E-state index in [2.05, 4.69) is 41.7 Å². The quantitative estimate of drug-likeness (QED) is 0.524. The van der Waals surface area contributed by atoms with Crippen molar-refractivity contribution in [1.82, 2.24) is 5.32 Å². The Bertz CT molecular complexity index is 942. The molecule has 0 aromatic heterocycles. The van der Waals surface area contributed by atoms with Gasteiger partial charge in [-0.05, 0) is 47.9 Å². The third-order valence-corrected chi connectivity index (χ3v) is 5.67. The molecule has 0 fully saturated rings. The maximum atomic E-state index is 12.5. The van der Waals surface area contributed by atoms with Gasteiger partial charge in [0.1, 0.15) is 0 Å². The van der Waals surface area contributed by atoms with E-state index in [-0.39, 0.29) is 11.2 Å². The number of benzene rings is 3. The normalized spacial score (nSPS) is 11.6. The van der Waals surface area contributed by atoms with Crippen molar-refractivity contribution in [2.24, 2.45) is 0 Å². The first-order valence-corrected chi connectivity index (χ1v) is 10.3. The van der Waals surface area contributed by atoms with Crippen molar-refractivity contribution in [2.75, 3.05) is 14.2 Å². The number of hydrogen-bond donors (Lipinski definition) is 1. The monoisotopic (exact) mass is 407 g/mol. The van der Waals surface area contributed by atoms with Crippen molar-refractivity contribution in [1.29, 1.82) is 0 Å². The predicted octanol–water partition coefficient (Wildman–Crippen LogP) is 5.17. The maximum Gasteiger partial charge on any atom is 0.233 e. The zero-order chi connectivity index (χ0) is 20.6. The number of ether oxygens (including phenoxy) is 2. The van der Waals surface area contributed by atoms with Crippen LogP contribution in [0.3, 0.4) is 0 Å². The minimum Gasteiger partial charge on any atom is -0.493 e. The largest absolute Gasteiger partial charge is 0.493 e. The summed E-state index contributed by atoms with van der Waals surface area (Å²) in [5.41, 5.74) is 3.31. The van der Waals surface area contributed by atoms with Gasteiger partial charge in [-0.1, -0.05) is 48.5 Å². The molecule has 0 heterocycles. The molecule has 3 aromatic carbocycles. The maximum absolute atomic E-state index is 12.5. The van der Waals surface area contributed by atoms with Gasteiger partial charge in [-0.15, -0.1) is 11.8 Å². The van der Waals surface area contributed by atoms with Crippen LogP contribution in [0.4, 0.5) is 0 Å². The number of rotatable bonds is 8. The van der Waals surface area contributed by atoms with Gasteiger partial charge in [0.05, 0.1) is 19.5 Å². The summed E-state index contributed by atoms with van der Waals surface area (Å²) >= 11 is 1.55. The molecule has 1 atom stereocenters. The first-order valence-electron chi connectivity index (χ1n) is 9.41. The molecular weight excluding hydrogens is 382 g/mol. The van der Waals surface area contributed by atoms with Crippen LogP contribution in [0.15, 0.2) is 77.7 Å². The molecule has 1 N–H and O–H groups in total. The summed E-state index contributed by atoms with van der Waals surface area (Å²) in [6, 6.07) is 24.2. The smallest absolute Gasteiger partial charge is 0.233 e. The van der Waals surface area contributed by atoms with Gasteiger partial charge in [0.25, 0.3) is 0 Å². The number of nitrogens with one attached hydrogen (secondary N) is 1. The van der Waals surface area contributed by atoms with Crippen molar-refractivity contribution in [3.63, 3.8) is 0 Å². The molecule has 0 aliphatic heterocycles. The first-order chi connectivity index (χ1) is 14.1. The van der Waals surface area contributed by atoms with E-state index in [1.165, 1.54) is 11.1 Å². The van der Waals surface area contributed by atoms with Crippen LogP contribution in [0, 0.1) is 0 Å². The van der Waals surface area contributed by atoms with E-state index in [1.54, 1.807) is 26.0 Å². The Balaban J connectivity index is 1.55. The summed E-state index contributed by atoms with van der Waals surface area (Å²) in [6.45, 7) is 2.36. The fraction of sp³-hybridized carbons (Fsp3) is 0.208. The second-order valence-corrected chi connectivity index (χ2v) is 7.97. The summed E-state index contributed by atoms with van der Waals surface area (Å²) in [6.07, 6.45) is 0. The molecule has 0 saturated carbocycles. The van der Waals surface area contributed by atoms with E-state index in [1.807, 2.05) is 43.3 Å². The highest BCUT2D eigenvalue weighted by Gasteiger charge is 2.14. The Morgan fingerprint density at radius 2 is 1.55 bits per heavy atom. The molecule has 150 valence electrons. The van der Waals surface area contributed by atoms with Crippen molar-refractivity contribution < 1.29 is 14.3 Å². The Labute approximate surface area is 176 Å². The van der Waals surface area contributed by atoms with E-state index in [0.717, 1.165) is 10.5 Å². The molecule has 0 aliphatic rings. The number of hydrogen-bond acceptors (Lipinski definition) is 4. The average molecular weight is 408 g/mol. The lowest BCUT2D eigenvalue weighted by molar-refractivity contribution is -0.120. The minimum absolute atomic E-state index is 0.00285. The highest BCUT2D eigenvalue weighted by molar-refractivity contribution is 8.00. The van der Waals surface area contributed by atoms with Crippen LogP contribution in [-0.2, 0) is 11.3 Å². The van der Waals surface area contributed by atoms with Crippen LogP contribution in [0.1, 0.15) is 12.5 Å². The molecule has 0 bridgehead atoms. The summed E-state index contributed by atoms with van der Waals surface area (Å²) in [5, 5.41) is 2.79. The first kappa shape index (κ1) is 20.8. The standard InChI is InChI=1S/C24H25NO3S/c1-17(24(26)25-16-18-9-14-22(27-2)23(15-18)28-3)29-21-12-10-20(11-13-21)19-7-5-4-6-8-19/h4-15,17H,16H2,1-3H3,(H,25,26). The number of amides is 1. The molecule has 0 radical (unpaired) electrons. The Morgan fingerprint density at radius 1 is 0.897 bits per heavy atom. The molecule has 1 amide bonds. The van der Waals surface area contributed by atoms with Gasteiger partial charge >= 0.3 is 0 Å². The topological polar surface area (TPSA) is 47.6 Å². The van der Waals surface area contributed by atoms with E-state index < -0.39 is 0 Å². The van der Waals surface area contributed by atoms with Crippen molar-refractivity contribution in [3.8, 4) is 22.6 Å². The highest BCUT2D eigenvalue weighted by Crippen LogP contribution is 2.28. The fourth-order valence-electron chi connectivity index (χ4n) is 2.94. The van der Waals surface area contributed by atoms with E-state index in [0.29, 0.717) is 18.0 Å². The fourth-order valence-corrected chi connectivity index (χ4v) is 3.83. The van der Waals surface area contributed by atoms with Gasteiger partial charge < -0.3 is 14.8 Å². The number of carbonyl (C=O) groups excluding carboxylic acids is 1. The zero-order valence-corrected chi connectivity index (χ0v) is 17.7. The zero-order valence-electron chi connectivity index (χ0n) is 16.8. The molecule has 0 spiro atoms. The van der Waals surface area contributed by atoms with E-state index in [9.17, 15) is 4.79 Å². The highest BCUT2D eigenvalue weighted by atomic mass is 32.2. The van der Waals surface area contributed by atoms with E-state index in [4.69, 9.17) is 9.47 Å².